The molecular formula is C9H14O2S. The second-order valence-electron chi connectivity index (χ2n) is 2.38. The second kappa shape index (κ2) is 5.77. The van der Waals surface area contributed by atoms with E-state index in [1.54, 1.807) is 12.2 Å². The number of rotatable bonds is 4. The summed E-state index contributed by atoms with van der Waals surface area (Å²) in [5.41, 5.74) is 0. The van der Waals surface area contributed by atoms with Crippen LogP contribution in [0.1, 0.15) is 13.3 Å². The molecule has 0 N–H and O–H groups in total. The van der Waals surface area contributed by atoms with Gasteiger partial charge >= 0.3 is 0 Å². The van der Waals surface area contributed by atoms with Crippen LogP contribution in [0.5, 0.6) is 0 Å². The van der Waals surface area contributed by atoms with E-state index in [4.69, 9.17) is 0 Å². The van der Waals surface area contributed by atoms with Crippen molar-refractivity contribution in [2.24, 2.45) is 0 Å². The van der Waals surface area contributed by atoms with Gasteiger partial charge in [-0.2, -0.15) is 0 Å². The molecule has 0 saturated carbocycles. The number of hydrogen-bond acceptors (Lipinski definition) is 2. The third-order valence-corrected chi connectivity index (χ3v) is 1.68. The van der Waals surface area contributed by atoms with E-state index in [-0.39, 0.29) is 0 Å². The zero-order valence-electron chi connectivity index (χ0n) is 7.40. The van der Waals surface area contributed by atoms with E-state index in [0.717, 1.165) is 6.42 Å². The normalized spacial score (nSPS) is 13.8. The molecule has 68 valence electrons. The minimum Gasteiger partial charge on any atom is -0.225 e. The third kappa shape index (κ3) is 9.17. The van der Waals surface area contributed by atoms with Crippen LogP contribution < -0.4 is 0 Å². The Bertz CT molecular complexity index is 282. The summed E-state index contributed by atoms with van der Waals surface area (Å²) in [6.45, 7) is 2.04. The topological polar surface area (TPSA) is 34.1 Å². The fourth-order valence-electron chi connectivity index (χ4n) is 0.531. The minimum absolute atomic E-state index is 0.986. The Morgan fingerprint density at radius 2 is 1.67 bits per heavy atom. The molecule has 0 atom stereocenters. The van der Waals surface area contributed by atoms with E-state index in [0.29, 0.717) is 0 Å². The first-order valence-corrected chi connectivity index (χ1v) is 5.71. The molecule has 0 amide bonds. The number of hydrogen-bond donors (Lipinski definition) is 0. The molecule has 0 radical (unpaired) electrons. The molecule has 0 bridgehead atoms. The fourth-order valence-corrected chi connectivity index (χ4v) is 0.907. The van der Waals surface area contributed by atoms with E-state index < -0.39 is 9.84 Å². The number of allylic oxidation sites excluding steroid dienone is 5. The van der Waals surface area contributed by atoms with E-state index >= 15 is 0 Å². The Morgan fingerprint density at radius 1 is 1.08 bits per heavy atom. The van der Waals surface area contributed by atoms with Gasteiger partial charge in [0.05, 0.1) is 0 Å². The van der Waals surface area contributed by atoms with Crippen LogP contribution >= 0.6 is 0 Å². The van der Waals surface area contributed by atoms with Crippen molar-refractivity contribution in [1.82, 2.24) is 0 Å². The van der Waals surface area contributed by atoms with Gasteiger partial charge in [-0.15, -0.1) is 0 Å². The summed E-state index contributed by atoms with van der Waals surface area (Å²) in [5.74, 6) is 0. The smallest absolute Gasteiger partial charge is 0.168 e. The van der Waals surface area contributed by atoms with Crippen LogP contribution in [0.3, 0.4) is 0 Å². The molecule has 0 rings (SSSR count). The Hall–Kier alpha value is -0.830. The largest absolute Gasteiger partial charge is 0.225 e. The summed E-state index contributed by atoms with van der Waals surface area (Å²) in [6, 6.07) is 0. The van der Waals surface area contributed by atoms with Crippen molar-refractivity contribution >= 4 is 9.84 Å². The molecule has 0 aliphatic heterocycles. The van der Waals surface area contributed by atoms with Gasteiger partial charge in [0.15, 0.2) is 9.84 Å². The van der Waals surface area contributed by atoms with Crippen LogP contribution in [0.15, 0.2) is 35.8 Å². The molecule has 0 aliphatic rings. The van der Waals surface area contributed by atoms with Gasteiger partial charge in [0.1, 0.15) is 0 Å². The highest BCUT2D eigenvalue weighted by molar-refractivity contribution is 7.93. The zero-order valence-corrected chi connectivity index (χ0v) is 8.21. The van der Waals surface area contributed by atoms with Gasteiger partial charge in [-0.25, -0.2) is 8.42 Å². The standard InChI is InChI=1S/C9H14O2S/c1-3-4-5-6-7-8-9-12(2,10)11/h4-9H,3H2,1-2H3/b5-4-,7-6-,9-8+. The quantitative estimate of drug-likeness (QED) is 0.630. The van der Waals surface area contributed by atoms with Gasteiger partial charge in [0.25, 0.3) is 0 Å². The van der Waals surface area contributed by atoms with E-state index in [9.17, 15) is 8.42 Å². The first kappa shape index (κ1) is 11.2. The molecule has 0 aliphatic carbocycles. The molecule has 3 heteroatoms. The van der Waals surface area contributed by atoms with Gasteiger partial charge in [0.2, 0.25) is 0 Å². The molecule has 0 aromatic rings. The first-order chi connectivity index (χ1) is 5.56. The molecule has 0 aromatic heterocycles. The molecule has 0 fully saturated rings. The summed E-state index contributed by atoms with van der Waals surface area (Å²) in [4.78, 5) is 0. The Labute approximate surface area is 74.2 Å². The minimum atomic E-state index is -2.97. The predicted octanol–water partition coefficient (Wildman–Crippen LogP) is 2.07. The molecule has 0 heterocycles. The Balaban J connectivity index is 3.91. The van der Waals surface area contributed by atoms with E-state index in [1.807, 2.05) is 19.1 Å². The molecule has 2 nitrogen and oxygen atoms in total. The SMILES string of the molecule is CC\C=C/C=C\C=C\S(C)(=O)=O. The average molecular weight is 186 g/mol. The van der Waals surface area contributed by atoms with E-state index in [2.05, 4.69) is 0 Å². The van der Waals surface area contributed by atoms with Gasteiger partial charge in [-0.05, 0) is 6.42 Å². The summed E-state index contributed by atoms with van der Waals surface area (Å²) in [6.07, 6.45) is 11.0. The van der Waals surface area contributed by atoms with Gasteiger partial charge in [0, 0.05) is 11.7 Å². The molecule has 0 spiro atoms. The lowest BCUT2D eigenvalue weighted by molar-refractivity contribution is 0.610. The number of sulfone groups is 1. The maximum atomic E-state index is 10.6. The fraction of sp³-hybridized carbons (Fsp3) is 0.333. The highest BCUT2D eigenvalue weighted by Crippen LogP contribution is 1.87. The van der Waals surface area contributed by atoms with Crippen LogP contribution in [0, 0.1) is 0 Å². The first-order valence-electron chi connectivity index (χ1n) is 3.76. The van der Waals surface area contributed by atoms with E-state index in [1.165, 1.54) is 17.7 Å². The van der Waals surface area contributed by atoms with Crippen molar-refractivity contribution in [2.75, 3.05) is 6.26 Å². The second-order valence-corrected chi connectivity index (χ2v) is 4.31. The lowest BCUT2D eigenvalue weighted by Crippen LogP contribution is -1.86. The Kier molecular flexibility index (Phi) is 5.37. The lowest BCUT2D eigenvalue weighted by atomic mass is 10.4. The molecular weight excluding hydrogens is 172 g/mol. The monoisotopic (exact) mass is 186 g/mol. The van der Waals surface area contributed by atoms with Crippen molar-refractivity contribution in [3.05, 3.63) is 35.8 Å². The average Bonchev–Trinajstić information content (AvgIpc) is 1.94. The molecule has 0 saturated heterocycles. The van der Waals surface area contributed by atoms with Crippen LogP contribution in [-0.2, 0) is 9.84 Å². The maximum Gasteiger partial charge on any atom is 0.168 e. The summed E-state index contributed by atoms with van der Waals surface area (Å²) < 4.78 is 21.2. The molecule has 12 heavy (non-hydrogen) atoms. The summed E-state index contributed by atoms with van der Waals surface area (Å²) in [7, 11) is -2.97. The highest BCUT2D eigenvalue weighted by Gasteiger charge is 1.88. The lowest BCUT2D eigenvalue weighted by Gasteiger charge is -1.80. The van der Waals surface area contributed by atoms with Gasteiger partial charge < -0.3 is 0 Å². The third-order valence-electron chi connectivity index (χ3n) is 1.03. The Morgan fingerprint density at radius 3 is 2.17 bits per heavy atom. The van der Waals surface area contributed by atoms with Crippen LogP contribution in [0.2, 0.25) is 0 Å². The predicted molar refractivity (Wildman–Crippen MR) is 52.6 cm³/mol. The summed E-state index contributed by atoms with van der Waals surface area (Å²) in [5, 5.41) is 1.17. The van der Waals surface area contributed by atoms with Crippen LogP contribution in [0.4, 0.5) is 0 Å². The molecule has 0 aromatic carbocycles. The van der Waals surface area contributed by atoms with Gasteiger partial charge in [-0.3, -0.25) is 0 Å². The zero-order chi connectivity index (χ0) is 9.45. The van der Waals surface area contributed by atoms with Crippen molar-refractivity contribution in [1.29, 1.82) is 0 Å². The maximum absolute atomic E-state index is 10.6. The highest BCUT2D eigenvalue weighted by atomic mass is 32.2. The van der Waals surface area contributed by atoms with Gasteiger partial charge in [-0.1, -0.05) is 37.3 Å². The van der Waals surface area contributed by atoms with Crippen molar-refractivity contribution in [3.63, 3.8) is 0 Å². The van der Waals surface area contributed by atoms with Crippen molar-refractivity contribution in [3.8, 4) is 0 Å². The van der Waals surface area contributed by atoms with Crippen molar-refractivity contribution in [2.45, 2.75) is 13.3 Å². The van der Waals surface area contributed by atoms with Crippen molar-refractivity contribution < 1.29 is 8.42 Å². The van der Waals surface area contributed by atoms with Crippen LogP contribution in [0.25, 0.3) is 0 Å². The molecule has 0 unspecified atom stereocenters. The summed E-state index contributed by atoms with van der Waals surface area (Å²) >= 11 is 0. The van der Waals surface area contributed by atoms with Crippen LogP contribution in [-0.4, -0.2) is 14.7 Å².